The van der Waals surface area contributed by atoms with Crippen molar-refractivity contribution in [3.8, 4) is 0 Å². The first kappa shape index (κ1) is 30.1. The second-order valence-electron chi connectivity index (χ2n) is 10.1. The topological polar surface area (TPSA) is 151 Å². The number of rotatable bonds is 11. The van der Waals surface area contributed by atoms with E-state index >= 15 is 0 Å². The number of aryl methyl sites for hydroxylation is 1. The Hall–Kier alpha value is -4.48. The number of fused-ring (bicyclic) bond motifs is 1. The highest BCUT2D eigenvalue weighted by atomic mass is 16.5. The number of likely N-dealkylation sites (N-methyl/N-ethyl adjacent to an activating group) is 1. The summed E-state index contributed by atoms with van der Waals surface area (Å²) in [7, 11) is 4.45. The van der Waals surface area contributed by atoms with Crippen molar-refractivity contribution in [3.63, 3.8) is 0 Å². The lowest BCUT2D eigenvalue weighted by Crippen LogP contribution is -2.44. The highest BCUT2D eigenvalue weighted by molar-refractivity contribution is 5.96. The first-order chi connectivity index (χ1) is 19.0. The van der Waals surface area contributed by atoms with Crippen LogP contribution in [0.2, 0.25) is 0 Å². The summed E-state index contributed by atoms with van der Waals surface area (Å²) in [6, 6.07) is 4.07. The van der Waals surface area contributed by atoms with Crippen molar-refractivity contribution in [2.45, 2.75) is 52.6 Å². The predicted octanol–water partition coefficient (Wildman–Crippen LogP) is 2.76. The van der Waals surface area contributed by atoms with E-state index in [1.54, 1.807) is 32.4 Å². The van der Waals surface area contributed by atoms with Crippen LogP contribution in [0.1, 0.15) is 43.9 Å². The van der Waals surface area contributed by atoms with E-state index in [9.17, 15) is 19.2 Å². The van der Waals surface area contributed by atoms with Crippen LogP contribution < -0.4 is 16.2 Å². The molecule has 3 N–H and O–H groups in total. The summed E-state index contributed by atoms with van der Waals surface area (Å²) in [5.74, 6) is 0.328. The molecule has 214 valence electrons. The van der Waals surface area contributed by atoms with Gasteiger partial charge in [-0.15, -0.1) is 0 Å². The third-order valence-electron chi connectivity index (χ3n) is 6.06. The SMILES string of the molecule is COC(=O)N[C@@H](CC/C=C/C(=O)N(C)C)C(=O)Nc1cccn(Cc2cc3nc(C)nc(CC(C)C)c3[nH]2)c1=O. The molecule has 0 radical (unpaired) electrons. The van der Waals surface area contributed by atoms with Gasteiger partial charge in [0.25, 0.3) is 5.56 Å². The molecule has 0 unspecified atom stereocenters. The smallest absolute Gasteiger partial charge is 0.407 e. The number of H-pyrrole nitrogens is 1. The minimum absolute atomic E-state index is 0.0646. The molecule has 0 aliphatic rings. The van der Waals surface area contributed by atoms with Gasteiger partial charge >= 0.3 is 6.09 Å². The van der Waals surface area contributed by atoms with Crippen molar-refractivity contribution >= 4 is 34.6 Å². The fourth-order valence-electron chi connectivity index (χ4n) is 4.10. The number of amides is 3. The quantitative estimate of drug-likeness (QED) is 0.310. The molecular formula is C28H37N7O5. The molecule has 3 rings (SSSR count). The van der Waals surface area contributed by atoms with Crippen LogP contribution in [-0.4, -0.2) is 69.6 Å². The number of carbonyl (C=O) groups is 3. The Bertz CT molecular complexity index is 1450. The molecule has 3 aromatic heterocycles. The van der Waals surface area contributed by atoms with Crippen LogP contribution in [-0.2, 0) is 27.3 Å². The number of carbonyl (C=O) groups excluding carboxylic acids is 3. The first-order valence-electron chi connectivity index (χ1n) is 13.1. The molecule has 3 heterocycles. The summed E-state index contributed by atoms with van der Waals surface area (Å²) >= 11 is 0. The number of aromatic nitrogens is 4. The molecule has 0 fully saturated rings. The second-order valence-corrected chi connectivity index (χ2v) is 10.1. The van der Waals surface area contributed by atoms with Crippen LogP contribution in [0.3, 0.4) is 0 Å². The number of nitrogens with zero attached hydrogens (tertiary/aromatic N) is 4. The maximum Gasteiger partial charge on any atom is 0.407 e. The highest BCUT2D eigenvalue weighted by Gasteiger charge is 2.22. The van der Waals surface area contributed by atoms with Crippen molar-refractivity contribution in [3.05, 3.63) is 64.1 Å². The lowest BCUT2D eigenvalue weighted by Gasteiger charge is -2.17. The highest BCUT2D eigenvalue weighted by Crippen LogP contribution is 2.20. The number of pyridine rings is 1. The zero-order chi connectivity index (χ0) is 29.4. The van der Waals surface area contributed by atoms with Crippen LogP contribution in [0, 0.1) is 12.8 Å². The maximum absolute atomic E-state index is 13.2. The standard InChI is InChI=1S/C28H37N7O5/c1-17(2)14-22-25-23(30-18(3)29-22)15-19(31-25)16-35-13-9-11-21(27(35)38)32-26(37)20(33-28(39)40-6)10-7-8-12-24(36)34(4)5/h8-9,11-13,15,17,20,31H,7,10,14,16H2,1-6H3,(H,32,37)(H,33,39)/b12-8+/t20-/m0/s1. The molecule has 12 nitrogen and oxygen atoms in total. The van der Waals surface area contributed by atoms with Crippen LogP contribution in [0.25, 0.3) is 11.0 Å². The van der Waals surface area contributed by atoms with Gasteiger partial charge < -0.3 is 29.8 Å². The van der Waals surface area contributed by atoms with E-state index in [-0.39, 0.29) is 24.6 Å². The molecule has 3 amide bonds. The average molecular weight is 552 g/mol. The summed E-state index contributed by atoms with van der Waals surface area (Å²) in [6.45, 7) is 6.34. The van der Waals surface area contributed by atoms with Gasteiger partial charge in [-0.05, 0) is 56.4 Å². The predicted molar refractivity (Wildman–Crippen MR) is 152 cm³/mol. The number of hydrogen-bond acceptors (Lipinski definition) is 7. The maximum atomic E-state index is 13.2. The van der Waals surface area contributed by atoms with E-state index in [0.717, 1.165) is 28.8 Å². The average Bonchev–Trinajstić information content (AvgIpc) is 3.29. The van der Waals surface area contributed by atoms with E-state index in [1.807, 2.05) is 13.0 Å². The van der Waals surface area contributed by atoms with E-state index in [1.165, 1.54) is 28.7 Å². The van der Waals surface area contributed by atoms with Gasteiger partial charge in [0, 0.05) is 26.0 Å². The largest absolute Gasteiger partial charge is 0.453 e. The minimum atomic E-state index is -0.991. The summed E-state index contributed by atoms with van der Waals surface area (Å²) in [5, 5.41) is 5.10. The lowest BCUT2D eigenvalue weighted by atomic mass is 10.1. The van der Waals surface area contributed by atoms with Crippen LogP contribution in [0.15, 0.2) is 41.3 Å². The molecule has 0 aliphatic carbocycles. The number of aromatic amines is 1. The summed E-state index contributed by atoms with van der Waals surface area (Å²) in [6.07, 6.45) is 5.18. The Morgan fingerprint density at radius 3 is 2.65 bits per heavy atom. The van der Waals surface area contributed by atoms with E-state index in [4.69, 9.17) is 0 Å². The number of allylic oxidation sites excluding steroid dienone is 1. The molecule has 3 aromatic rings. The zero-order valence-corrected chi connectivity index (χ0v) is 23.8. The summed E-state index contributed by atoms with van der Waals surface area (Å²) in [4.78, 5) is 63.7. The van der Waals surface area contributed by atoms with Crippen molar-refractivity contribution in [2.24, 2.45) is 5.92 Å². The Balaban J connectivity index is 1.78. The van der Waals surface area contributed by atoms with Crippen molar-refractivity contribution in [2.75, 3.05) is 26.5 Å². The van der Waals surface area contributed by atoms with Gasteiger partial charge in [0.1, 0.15) is 17.6 Å². The first-order valence-corrected chi connectivity index (χ1v) is 13.1. The number of alkyl carbamates (subject to hydrolysis) is 1. The molecular weight excluding hydrogens is 514 g/mol. The number of anilines is 1. The van der Waals surface area contributed by atoms with Gasteiger partial charge in [-0.3, -0.25) is 14.4 Å². The minimum Gasteiger partial charge on any atom is -0.453 e. The molecule has 0 saturated carbocycles. The monoisotopic (exact) mass is 551 g/mol. The molecule has 0 bridgehead atoms. The van der Waals surface area contributed by atoms with E-state index < -0.39 is 23.6 Å². The van der Waals surface area contributed by atoms with Gasteiger partial charge in [-0.25, -0.2) is 14.8 Å². The Morgan fingerprint density at radius 2 is 1.98 bits per heavy atom. The Kier molecular flexibility index (Phi) is 10.2. The molecule has 0 aromatic carbocycles. The molecule has 0 aliphatic heterocycles. The van der Waals surface area contributed by atoms with Gasteiger partial charge in [-0.2, -0.15) is 0 Å². The summed E-state index contributed by atoms with van der Waals surface area (Å²) < 4.78 is 6.11. The van der Waals surface area contributed by atoms with Crippen LogP contribution >= 0.6 is 0 Å². The van der Waals surface area contributed by atoms with Crippen molar-refractivity contribution in [1.29, 1.82) is 0 Å². The van der Waals surface area contributed by atoms with E-state index in [0.29, 0.717) is 18.2 Å². The molecule has 1 atom stereocenters. The second kappa shape index (κ2) is 13.5. The Labute approximate surface area is 232 Å². The third kappa shape index (κ3) is 8.01. The fraction of sp³-hybridized carbons (Fsp3) is 0.429. The number of ether oxygens (including phenoxy) is 1. The van der Waals surface area contributed by atoms with Crippen LogP contribution in [0.5, 0.6) is 0 Å². The summed E-state index contributed by atoms with van der Waals surface area (Å²) in [5.41, 5.74) is 3.00. The van der Waals surface area contributed by atoms with Crippen molar-refractivity contribution in [1.82, 2.24) is 29.7 Å². The van der Waals surface area contributed by atoms with Gasteiger partial charge in [0.2, 0.25) is 11.8 Å². The number of hydrogen-bond donors (Lipinski definition) is 3. The van der Waals surface area contributed by atoms with Gasteiger partial charge in [-0.1, -0.05) is 19.9 Å². The lowest BCUT2D eigenvalue weighted by molar-refractivity contribution is -0.123. The van der Waals surface area contributed by atoms with E-state index in [2.05, 4.69) is 44.2 Å². The molecule has 0 saturated heterocycles. The fourth-order valence-corrected chi connectivity index (χ4v) is 4.10. The zero-order valence-electron chi connectivity index (χ0n) is 23.8. The Morgan fingerprint density at radius 1 is 1.23 bits per heavy atom. The molecule has 12 heteroatoms. The van der Waals surface area contributed by atoms with Crippen molar-refractivity contribution < 1.29 is 19.1 Å². The molecule has 40 heavy (non-hydrogen) atoms. The van der Waals surface area contributed by atoms with Crippen LogP contribution in [0.4, 0.5) is 10.5 Å². The normalized spacial score (nSPS) is 12.1. The molecule has 0 spiro atoms. The van der Waals surface area contributed by atoms with Gasteiger partial charge in [0.15, 0.2) is 0 Å². The van der Waals surface area contributed by atoms with Gasteiger partial charge in [0.05, 0.1) is 30.4 Å². The third-order valence-corrected chi connectivity index (χ3v) is 6.06. The number of nitrogens with one attached hydrogen (secondary N) is 3. The number of methoxy groups -OCH3 is 1.